The number of nitrogens with one attached hydrogen (secondary N) is 1. The van der Waals surface area contributed by atoms with Crippen molar-refractivity contribution >= 4 is 11.9 Å². The van der Waals surface area contributed by atoms with Crippen LogP contribution in [0, 0.1) is 0 Å². The fourth-order valence-electron chi connectivity index (χ4n) is 13.8. The quantitative estimate of drug-likeness (QED) is 0.0320. The van der Waals surface area contributed by atoms with E-state index in [0.717, 1.165) is 38.5 Å². The van der Waals surface area contributed by atoms with E-state index in [4.69, 9.17) is 4.74 Å². The van der Waals surface area contributed by atoms with Crippen LogP contribution in [0.3, 0.4) is 0 Å². The van der Waals surface area contributed by atoms with Gasteiger partial charge in [-0.25, -0.2) is 0 Å². The summed E-state index contributed by atoms with van der Waals surface area (Å²) >= 11 is 0. The van der Waals surface area contributed by atoms with Crippen molar-refractivity contribution in [3.05, 3.63) is 24.3 Å². The zero-order valence-electron chi connectivity index (χ0n) is 62.8. The van der Waals surface area contributed by atoms with E-state index in [2.05, 4.69) is 31.3 Å². The number of hydrogen-bond acceptors (Lipinski definition) is 5. The predicted octanol–water partition coefficient (Wildman–Crippen LogP) is 28.4. The highest BCUT2D eigenvalue weighted by Gasteiger charge is 2.18. The van der Waals surface area contributed by atoms with E-state index in [1.165, 1.54) is 424 Å². The standard InChI is InChI=1S/C86H167NO5/c1-3-5-7-9-11-13-15-17-19-21-23-24-25-36-39-43-46-50-54-58-62-66-70-74-78-84(89)83(82-88)87-85(90)79-75-71-67-63-59-55-51-47-44-40-37-34-32-30-28-26-27-29-31-33-35-38-41-45-49-53-57-61-65-69-73-77-81-92-86(91)80-76-72-68-64-60-56-52-48-42-22-20-18-16-14-12-10-8-6-4-2/h18,20,74,78,83-84,88-89H,3-17,19,21-73,75-77,79-82H2,1-2H3,(H,87,90)/b20-18-,78-74+. The van der Waals surface area contributed by atoms with Crippen LogP contribution in [0.15, 0.2) is 24.3 Å². The first kappa shape index (κ1) is 90.3. The molecule has 0 aliphatic rings. The van der Waals surface area contributed by atoms with Gasteiger partial charge in [-0.1, -0.05) is 443 Å². The summed E-state index contributed by atoms with van der Waals surface area (Å²) < 4.78 is 5.52. The number of amides is 1. The van der Waals surface area contributed by atoms with Gasteiger partial charge in [0.05, 0.1) is 25.4 Å². The van der Waals surface area contributed by atoms with Crippen molar-refractivity contribution in [3.63, 3.8) is 0 Å². The molecule has 0 saturated heterocycles. The summed E-state index contributed by atoms with van der Waals surface area (Å²) in [5, 5.41) is 23.3. The fraction of sp³-hybridized carbons (Fsp3) is 0.930. The molecule has 0 rings (SSSR count). The largest absolute Gasteiger partial charge is 0.466 e. The lowest BCUT2D eigenvalue weighted by Crippen LogP contribution is -2.45. The molecule has 0 saturated carbocycles. The molecule has 2 atom stereocenters. The number of rotatable bonds is 81. The summed E-state index contributed by atoms with van der Waals surface area (Å²) in [7, 11) is 0. The lowest BCUT2D eigenvalue weighted by atomic mass is 10.0. The molecule has 0 aliphatic carbocycles. The maximum Gasteiger partial charge on any atom is 0.305 e. The highest BCUT2D eigenvalue weighted by Crippen LogP contribution is 2.21. The van der Waals surface area contributed by atoms with Crippen LogP contribution in [0.2, 0.25) is 0 Å². The Labute approximate surface area is 577 Å². The molecule has 0 spiro atoms. The molecule has 6 heteroatoms. The number of carbonyl (C=O) groups is 2. The Hall–Kier alpha value is -1.66. The van der Waals surface area contributed by atoms with Crippen LogP contribution in [-0.4, -0.2) is 47.4 Å². The first-order valence-electron chi connectivity index (χ1n) is 42.6. The topological polar surface area (TPSA) is 95.9 Å². The van der Waals surface area contributed by atoms with Gasteiger partial charge in [0.1, 0.15) is 0 Å². The minimum Gasteiger partial charge on any atom is -0.466 e. The van der Waals surface area contributed by atoms with E-state index in [9.17, 15) is 19.8 Å². The zero-order valence-corrected chi connectivity index (χ0v) is 62.8. The van der Waals surface area contributed by atoms with Gasteiger partial charge in [0.15, 0.2) is 0 Å². The third-order valence-electron chi connectivity index (χ3n) is 20.2. The molecule has 3 N–H and O–H groups in total. The van der Waals surface area contributed by atoms with Crippen LogP contribution in [0.5, 0.6) is 0 Å². The Bertz CT molecular complexity index is 1450. The van der Waals surface area contributed by atoms with Crippen LogP contribution < -0.4 is 5.32 Å². The van der Waals surface area contributed by atoms with Crippen molar-refractivity contribution in [1.29, 1.82) is 0 Å². The molecule has 0 aliphatic heterocycles. The van der Waals surface area contributed by atoms with Crippen molar-refractivity contribution in [2.24, 2.45) is 0 Å². The number of aliphatic hydroxyl groups is 2. The summed E-state index contributed by atoms with van der Waals surface area (Å²) in [5.74, 6) is -0.0359. The molecular weight excluding hydrogens is 1130 g/mol. The fourth-order valence-corrected chi connectivity index (χ4v) is 13.8. The summed E-state index contributed by atoms with van der Waals surface area (Å²) in [6.45, 7) is 4.96. The highest BCUT2D eigenvalue weighted by molar-refractivity contribution is 5.76. The van der Waals surface area contributed by atoms with Gasteiger partial charge in [0, 0.05) is 12.8 Å². The number of unbranched alkanes of at least 4 members (excludes halogenated alkanes) is 68. The summed E-state index contributed by atoms with van der Waals surface area (Å²) in [6, 6.07) is -0.626. The molecule has 0 radical (unpaired) electrons. The van der Waals surface area contributed by atoms with Gasteiger partial charge in [-0.15, -0.1) is 0 Å². The Morgan fingerprint density at radius 2 is 0.511 bits per heavy atom. The van der Waals surface area contributed by atoms with E-state index in [1.54, 1.807) is 6.08 Å². The third-order valence-corrected chi connectivity index (χ3v) is 20.2. The average Bonchev–Trinajstić information content (AvgIpc) is 3.68. The van der Waals surface area contributed by atoms with Crippen molar-refractivity contribution < 1.29 is 24.5 Å². The molecule has 0 heterocycles. The number of carbonyl (C=O) groups excluding carboxylic acids is 2. The monoisotopic (exact) mass is 1290 g/mol. The smallest absolute Gasteiger partial charge is 0.305 e. The van der Waals surface area contributed by atoms with E-state index >= 15 is 0 Å². The molecule has 0 aromatic carbocycles. The molecule has 6 nitrogen and oxygen atoms in total. The van der Waals surface area contributed by atoms with E-state index < -0.39 is 12.1 Å². The van der Waals surface area contributed by atoms with Gasteiger partial charge in [-0.2, -0.15) is 0 Å². The second kappa shape index (κ2) is 81.8. The predicted molar refractivity (Wildman–Crippen MR) is 407 cm³/mol. The maximum atomic E-state index is 12.6. The van der Waals surface area contributed by atoms with Crippen LogP contribution in [0.4, 0.5) is 0 Å². The van der Waals surface area contributed by atoms with Crippen molar-refractivity contribution in [3.8, 4) is 0 Å². The van der Waals surface area contributed by atoms with Gasteiger partial charge in [-0.3, -0.25) is 9.59 Å². The molecule has 2 unspecified atom stereocenters. The Balaban J connectivity index is 3.34. The maximum absolute atomic E-state index is 12.6. The lowest BCUT2D eigenvalue weighted by molar-refractivity contribution is -0.143. The SMILES string of the molecule is CCCCCCCC/C=C\CCCCCCCCCCCC(=O)OCCCCCCCCCCCCCCCCCCCCCCCCCCCCCCCCCCC(=O)NC(CO)C(O)/C=C/CCCCCCCCCCCCCCCCCCCCCCCC. The van der Waals surface area contributed by atoms with Gasteiger partial charge >= 0.3 is 5.97 Å². The first-order valence-corrected chi connectivity index (χ1v) is 42.6. The molecular formula is C86H167NO5. The Kier molecular flexibility index (Phi) is 80.3. The highest BCUT2D eigenvalue weighted by atomic mass is 16.5. The molecule has 0 fully saturated rings. The third kappa shape index (κ3) is 77.3. The second-order valence-electron chi connectivity index (χ2n) is 29.5. The van der Waals surface area contributed by atoms with Crippen molar-refractivity contribution in [1.82, 2.24) is 5.32 Å². The van der Waals surface area contributed by atoms with E-state index in [1.807, 2.05) is 6.08 Å². The zero-order chi connectivity index (χ0) is 66.3. The molecule has 546 valence electrons. The van der Waals surface area contributed by atoms with E-state index in [-0.39, 0.29) is 18.5 Å². The summed E-state index contributed by atoms with van der Waals surface area (Å²) in [4.78, 5) is 24.7. The second-order valence-corrected chi connectivity index (χ2v) is 29.5. The molecule has 0 bridgehead atoms. The van der Waals surface area contributed by atoms with Crippen molar-refractivity contribution in [2.45, 2.75) is 501 Å². The molecule has 1 amide bonds. The molecule has 0 aromatic heterocycles. The first-order chi connectivity index (χ1) is 45.5. The van der Waals surface area contributed by atoms with Gasteiger partial charge in [0.2, 0.25) is 5.91 Å². The number of esters is 1. The number of allylic oxidation sites excluding steroid dienone is 3. The van der Waals surface area contributed by atoms with Crippen LogP contribution >= 0.6 is 0 Å². The van der Waals surface area contributed by atoms with E-state index in [0.29, 0.717) is 19.4 Å². The van der Waals surface area contributed by atoms with Gasteiger partial charge in [0.25, 0.3) is 0 Å². The average molecular weight is 1300 g/mol. The van der Waals surface area contributed by atoms with Crippen molar-refractivity contribution in [2.75, 3.05) is 13.2 Å². The van der Waals surface area contributed by atoms with Gasteiger partial charge < -0.3 is 20.3 Å². The minimum atomic E-state index is -0.843. The van der Waals surface area contributed by atoms with Crippen LogP contribution in [0.25, 0.3) is 0 Å². The lowest BCUT2D eigenvalue weighted by Gasteiger charge is -2.20. The number of ether oxygens (including phenoxy) is 1. The van der Waals surface area contributed by atoms with Crippen LogP contribution in [-0.2, 0) is 14.3 Å². The molecule has 0 aromatic rings. The Morgan fingerprint density at radius 3 is 0.772 bits per heavy atom. The summed E-state index contributed by atoms with van der Waals surface area (Å²) in [6.07, 6.45) is 106. The Morgan fingerprint density at radius 1 is 0.293 bits per heavy atom. The summed E-state index contributed by atoms with van der Waals surface area (Å²) in [5.41, 5.74) is 0. The minimum absolute atomic E-state index is 0.0218. The van der Waals surface area contributed by atoms with Crippen LogP contribution in [0.1, 0.15) is 489 Å². The normalized spacial score (nSPS) is 12.5. The molecule has 92 heavy (non-hydrogen) atoms. The number of hydrogen-bond donors (Lipinski definition) is 3. The number of aliphatic hydroxyl groups excluding tert-OH is 2. The van der Waals surface area contributed by atoms with Gasteiger partial charge in [-0.05, 0) is 57.8 Å².